The van der Waals surface area contributed by atoms with E-state index in [-0.39, 0.29) is 24.7 Å². The summed E-state index contributed by atoms with van der Waals surface area (Å²) in [6.07, 6.45) is 0.366. The van der Waals surface area contributed by atoms with Crippen LogP contribution in [0, 0.1) is 5.82 Å². The summed E-state index contributed by atoms with van der Waals surface area (Å²) in [4.78, 5) is 36.2. The van der Waals surface area contributed by atoms with Crippen molar-refractivity contribution in [3.05, 3.63) is 35.6 Å². The molecule has 1 unspecified atom stereocenters. The Morgan fingerprint density at radius 2 is 2.00 bits per heavy atom. The van der Waals surface area contributed by atoms with E-state index in [4.69, 9.17) is 5.73 Å². The van der Waals surface area contributed by atoms with Crippen molar-refractivity contribution in [2.24, 2.45) is 5.73 Å². The van der Waals surface area contributed by atoms with Crippen LogP contribution >= 0.6 is 0 Å². The quantitative estimate of drug-likeness (QED) is 0.789. The van der Waals surface area contributed by atoms with Crippen LogP contribution in [-0.4, -0.2) is 41.8 Å². The molecule has 0 saturated carbocycles. The van der Waals surface area contributed by atoms with Crippen LogP contribution in [0.4, 0.5) is 4.39 Å². The van der Waals surface area contributed by atoms with E-state index >= 15 is 0 Å². The Morgan fingerprint density at radius 3 is 2.62 bits per heavy atom. The van der Waals surface area contributed by atoms with Crippen LogP contribution in [0.25, 0.3) is 0 Å². The molecule has 1 aromatic rings. The van der Waals surface area contributed by atoms with Crippen molar-refractivity contribution in [3.8, 4) is 0 Å². The fourth-order valence-corrected chi connectivity index (χ4v) is 2.15. The SMILES string of the molecule is NC(=O)C1CC(=O)N(CCc2ccc(F)cc2)CC(=O)N1. The molecule has 1 aliphatic heterocycles. The van der Waals surface area contributed by atoms with E-state index in [1.165, 1.54) is 17.0 Å². The lowest BCUT2D eigenvalue weighted by molar-refractivity contribution is -0.134. The van der Waals surface area contributed by atoms with Gasteiger partial charge in [0, 0.05) is 6.54 Å². The maximum atomic E-state index is 12.8. The van der Waals surface area contributed by atoms with Crippen LogP contribution < -0.4 is 11.1 Å². The van der Waals surface area contributed by atoms with Gasteiger partial charge in [0.2, 0.25) is 17.7 Å². The number of halogens is 1. The highest BCUT2D eigenvalue weighted by atomic mass is 19.1. The van der Waals surface area contributed by atoms with Crippen molar-refractivity contribution in [3.63, 3.8) is 0 Å². The molecule has 3 amide bonds. The molecule has 1 saturated heterocycles. The lowest BCUT2D eigenvalue weighted by atomic mass is 10.1. The minimum Gasteiger partial charge on any atom is -0.368 e. The lowest BCUT2D eigenvalue weighted by Crippen LogP contribution is -2.44. The van der Waals surface area contributed by atoms with E-state index in [9.17, 15) is 18.8 Å². The molecule has 0 aliphatic carbocycles. The molecule has 0 bridgehead atoms. The fourth-order valence-electron chi connectivity index (χ4n) is 2.15. The lowest BCUT2D eigenvalue weighted by Gasteiger charge is -2.19. The van der Waals surface area contributed by atoms with E-state index in [0.717, 1.165) is 5.56 Å². The van der Waals surface area contributed by atoms with Gasteiger partial charge in [0.1, 0.15) is 11.9 Å². The second-order valence-electron chi connectivity index (χ2n) is 4.92. The smallest absolute Gasteiger partial charge is 0.240 e. The topological polar surface area (TPSA) is 92.5 Å². The summed E-state index contributed by atoms with van der Waals surface area (Å²) in [5.74, 6) is -1.77. The molecule has 2 rings (SSSR count). The maximum absolute atomic E-state index is 12.8. The average molecular weight is 293 g/mol. The number of rotatable bonds is 4. The minimum atomic E-state index is -0.958. The molecule has 1 aromatic carbocycles. The molecule has 1 fully saturated rings. The molecular weight excluding hydrogens is 277 g/mol. The fraction of sp³-hybridized carbons (Fsp3) is 0.357. The molecule has 21 heavy (non-hydrogen) atoms. The molecule has 0 spiro atoms. The monoisotopic (exact) mass is 293 g/mol. The zero-order valence-electron chi connectivity index (χ0n) is 11.3. The third-order valence-electron chi connectivity index (χ3n) is 3.33. The van der Waals surface area contributed by atoms with Crippen molar-refractivity contribution >= 4 is 17.7 Å². The number of nitrogens with one attached hydrogen (secondary N) is 1. The molecule has 0 aromatic heterocycles. The van der Waals surface area contributed by atoms with Gasteiger partial charge in [-0.25, -0.2) is 4.39 Å². The van der Waals surface area contributed by atoms with E-state index in [2.05, 4.69) is 5.32 Å². The van der Waals surface area contributed by atoms with Crippen LogP contribution in [0.1, 0.15) is 12.0 Å². The zero-order valence-corrected chi connectivity index (χ0v) is 11.3. The van der Waals surface area contributed by atoms with Gasteiger partial charge in [-0.2, -0.15) is 0 Å². The summed E-state index contributed by atoms with van der Waals surface area (Å²) in [6.45, 7) is 0.215. The van der Waals surface area contributed by atoms with Crippen molar-refractivity contribution in [1.82, 2.24) is 10.2 Å². The van der Waals surface area contributed by atoms with Crippen LogP contribution in [0.5, 0.6) is 0 Å². The summed E-state index contributed by atoms with van der Waals surface area (Å²) in [5, 5.41) is 2.42. The number of carbonyl (C=O) groups excluding carboxylic acids is 3. The predicted molar refractivity (Wildman–Crippen MR) is 72.4 cm³/mol. The van der Waals surface area contributed by atoms with Gasteiger partial charge in [0.25, 0.3) is 0 Å². The minimum absolute atomic E-state index is 0.107. The van der Waals surface area contributed by atoms with Gasteiger partial charge in [-0.05, 0) is 24.1 Å². The molecular formula is C14H16FN3O3. The van der Waals surface area contributed by atoms with Crippen molar-refractivity contribution < 1.29 is 18.8 Å². The van der Waals surface area contributed by atoms with E-state index in [1.54, 1.807) is 12.1 Å². The average Bonchev–Trinajstić information content (AvgIpc) is 2.57. The molecule has 1 aliphatic rings. The Hall–Kier alpha value is -2.44. The molecule has 7 heteroatoms. The van der Waals surface area contributed by atoms with E-state index in [1.807, 2.05) is 0 Å². The molecule has 1 atom stereocenters. The number of nitrogens with zero attached hydrogens (tertiary/aromatic N) is 1. The third kappa shape index (κ3) is 4.01. The summed E-state index contributed by atoms with van der Waals surface area (Å²) in [7, 11) is 0. The van der Waals surface area contributed by atoms with E-state index < -0.39 is 17.9 Å². The first kappa shape index (κ1) is 15.0. The summed E-state index contributed by atoms with van der Waals surface area (Å²) >= 11 is 0. The van der Waals surface area contributed by atoms with Gasteiger partial charge in [-0.15, -0.1) is 0 Å². The van der Waals surface area contributed by atoms with Crippen LogP contribution in [0.3, 0.4) is 0 Å². The number of carbonyl (C=O) groups is 3. The second kappa shape index (κ2) is 6.34. The summed E-state index contributed by atoms with van der Waals surface area (Å²) in [5.41, 5.74) is 5.99. The number of primary amides is 1. The molecule has 0 radical (unpaired) electrons. The Morgan fingerprint density at radius 1 is 1.33 bits per heavy atom. The molecule has 6 nitrogen and oxygen atoms in total. The number of hydrogen-bond acceptors (Lipinski definition) is 3. The van der Waals surface area contributed by atoms with Crippen LogP contribution in [0.15, 0.2) is 24.3 Å². The Kier molecular flexibility index (Phi) is 4.52. The standard InChI is InChI=1S/C14H16FN3O3/c15-10-3-1-9(2-4-10)5-6-18-8-12(19)17-11(14(16)21)7-13(18)20/h1-4,11H,5-8H2,(H2,16,21)(H,17,19). The van der Waals surface area contributed by atoms with Crippen LogP contribution in [0.2, 0.25) is 0 Å². The Balaban J connectivity index is 1.99. The van der Waals surface area contributed by atoms with Crippen molar-refractivity contribution in [2.75, 3.05) is 13.1 Å². The van der Waals surface area contributed by atoms with Crippen molar-refractivity contribution in [1.29, 1.82) is 0 Å². The van der Waals surface area contributed by atoms with Gasteiger partial charge in [0.15, 0.2) is 0 Å². The molecule has 1 heterocycles. The maximum Gasteiger partial charge on any atom is 0.240 e. The first-order chi connectivity index (χ1) is 9.95. The normalized spacial score (nSPS) is 19.1. The zero-order chi connectivity index (χ0) is 15.4. The predicted octanol–water partition coefficient (Wildman–Crippen LogP) is -0.429. The van der Waals surface area contributed by atoms with Gasteiger partial charge in [-0.3, -0.25) is 14.4 Å². The van der Waals surface area contributed by atoms with Gasteiger partial charge < -0.3 is 16.0 Å². The van der Waals surface area contributed by atoms with Gasteiger partial charge in [0.05, 0.1) is 13.0 Å². The second-order valence-corrected chi connectivity index (χ2v) is 4.92. The van der Waals surface area contributed by atoms with Gasteiger partial charge in [-0.1, -0.05) is 12.1 Å². The number of hydrogen-bond donors (Lipinski definition) is 2. The van der Waals surface area contributed by atoms with Gasteiger partial charge >= 0.3 is 0 Å². The number of amides is 3. The summed E-state index contributed by atoms with van der Waals surface area (Å²) in [6, 6.07) is 4.99. The third-order valence-corrected chi connectivity index (χ3v) is 3.33. The highest BCUT2D eigenvalue weighted by molar-refractivity contribution is 5.95. The summed E-state index contributed by atoms with van der Waals surface area (Å²) < 4.78 is 12.8. The highest BCUT2D eigenvalue weighted by Gasteiger charge is 2.29. The largest absolute Gasteiger partial charge is 0.368 e. The van der Waals surface area contributed by atoms with Crippen molar-refractivity contribution in [2.45, 2.75) is 18.9 Å². The molecule has 112 valence electrons. The molecule has 3 N–H and O–H groups in total. The first-order valence-electron chi connectivity index (χ1n) is 6.56. The number of benzene rings is 1. The first-order valence-corrected chi connectivity index (χ1v) is 6.56. The van der Waals surface area contributed by atoms with Crippen LogP contribution in [-0.2, 0) is 20.8 Å². The highest BCUT2D eigenvalue weighted by Crippen LogP contribution is 2.08. The Bertz CT molecular complexity index is 559. The number of nitrogens with two attached hydrogens (primary N) is 1. The van der Waals surface area contributed by atoms with E-state index in [0.29, 0.717) is 13.0 Å². The Labute approximate surface area is 121 Å².